The monoisotopic (exact) mass is 233 g/mol. The molecule has 0 bridgehead atoms. The first-order valence-corrected chi connectivity index (χ1v) is 6.03. The van der Waals surface area contributed by atoms with Gasteiger partial charge in [-0.1, -0.05) is 6.07 Å². The lowest BCUT2D eigenvalue weighted by Crippen LogP contribution is -2.29. The number of amides is 1. The van der Waals surface area contributed by atoms with Gasteiger partial charge in [0.05, 0.1) is 11.5 Å². The van der Waals surface area contributed by atoms with Crippen LogP contribution in [0.15, 0.2) is 17.0 Å². The van der Waals surface area contributed by atoms with Crippen molar-refractivity contribution in [2.75, 3.05) is 6.61 Å². The molecule has 1 aromatic rings. The number of carbonyl (C=O) groups excluding carboxylic acids is 1. The summed E-state index contributed by atoms with van der Waals surface area (Å²) in [6.07, 6.45) is 4.57. The topological polar surface area (TPSA) is 52.3 Å². The maximum atomic E-state index is 11.2. The molecule has 2 heterocycles. The van der Waals surface area contributed by atoms with Gasteiger partial charge >= 0.3 is 0 Å². The lowest BCUT2D eigenvalue weighted by Gasteiger charge is -2.04. The Morgan fingerprint density at radius 2 is 2.31 bits per heavy atom. The highest BCUT2D eigenvalue weighted by Crippen LogP contribution is 2.35. The average molecular weight is 233 g/mol. The summed E-state index contributed by atoms with van der Waals surface area (Å²) in [5, 5.41) is 2.16. The highest BCUT2D eigenvalue weighted by molar-refractivity contribution is 8.01. The zero-order valence-corrected chi connectivity index (χ0v) is 9.42. The lowest BCUT2D eigenvalue weighted by atomic mass is 10.1. The van der Waals surface area contributed by atoms with E-state index in [9.17, 15) is 4.79 Å². The summed E-state index contributed by atoms with van der Waals surface area (Å²) in [5.74, 6) is -0.233. The molecule has 0 saturated heterocycles. The van der Waals surface area contributed by atoms with Gasteiger partial charge in [0.25, 0.3) is 0 Å². The summed E-state index contributed by atoms with van der Waals surface area (Å²) in [5.41, 5.74) is 6.55. The van der Waals surface area contributed by atoms with Crippen LogP contribution in [-0.4, -0.2) is 17.8 Å². The smallest absolute Gasteiger partial charge is 0.231 e. The number of fused-ring (bicyclic) bond motifs is 2. The number of thioether (sulfide) groups is 1. The fourth-order valence-electron chi connectivity index (χ4n) is 2.04. The van der Waals surface area contributed by atoms with Crippen LogP contribution < -0.4 is 16.2 Å². The summed E-state index contributed by atoms with van der Waals surface area (Å²) in [7, 11) is 0. The molecular weight excluding hydrogens is 222 g/mol. The van der Waals surface area contributed by atoms with E-state index in [-0.39, 0.29) is 11.2 Å². The molecule has 1 atom stereocenters. The summed E-state index contributed by atoms with van der Waals surface area (Å²) >= 11 is 1.55. The molecule has 3 nitrogen and oxygen atoms in total. The van der Waals surface area contributed by atoms with Crippen molar-refractivity contribution in [3.05, 3.63) is 28.1 Å². The van der Waals surface area contributed by atoms with Crippen LogP contribution in [0.5, 0.6) is 0 Å². The zero-order chi connectivity index (χ0) is 11.1. The van der Waals surface area contributed by atoms with Gasteiger partial charge in [-0.2, -0.15) is 0 Å². The van der Waals surface area contributed by atoms with Crippen molar-refractivity contribution in [1.82, 2.24) is 0 Å². The third kappa shape index (κ3) is 1.50. The fourth-order valence-corrected chi connectivity index (χ4v) is 3.21. The molecule has 0 saturated carbocycles. The Bertz CT molecular complexity index is 534. The Morgan fingerprint density at radius 3 is 3.12 bits per heavy atom. The average Bonchev–Trinajstić information content (AvgIpc) is 2.68. The molecule has 2 aliphatic rings. The molecule has 0 fully saturated rings. The second kappa shape index (κ2) is 3.56. The normalized spacial score (nSPS) is 21.1. The molecule has 0 spiro atoms. The molecular formula is C12H11NO2S. The van der Waals surface area contributed by atoms with Gasteiger partial charge in [-0.15, -0.1) is 11.8 Å². The van der Waals surface area contributed by atoms with Gasteiger partial charge in [-0.25, -0.2) is 0 Å². The number of ether oxygens (including phenoxy) is 1. The van der Waals surface area contributed by atoms with E-state index < -0.39 is 0 Å². The molecule has 0 aromatic heterocycles. The maximum absolute atomic E-state index is 11.2. The predicted molar refractivity (Wildman–Crippen MR) is 63.1 cm³/mol. The van der Waals surface area contributed by atoms with E-state index in [2.05, 4.69) is 18.2 Å². The lowest BCUT2D eigenvalue weighted by molar-refractivity contribution is -0.117. The molecule has 4 heteroatoms. The number of hydrogen-bond donors (Lipinski definition) is 1. The van der Waals surface area contributed by atoms with Gasteiger partial charge in [0.1, 0.15) is 6.61 Å². The van der Waals surface area contributed by atoms with Crippen LogP contribution in [0.3, 0.4) is 0 Å². The van der Waals surface area contributed by atoms with Crippen LogP contribution in [0.2, 0.25) is 0 Å². The number of benzene rings is 1. The zero-order valence-electron chi connectivity index (χ0n) is 8.60. The van der Waals surface area contributed by atoms with Crippen molar-refractivity contribution in [2.45, 2.75) is 16.6 Å². The van der Waals surface area contributed by atoms with Crippen molar-refractivity contribution in [3.63, 3.8) is 0 Å². The van der Waals surface area contributed by atoms with Gasteiger partial charge < -0.3 is 10.5 Å². The van der Waals surface area contributed by atoms with Gasteiger partial charge in [-0.3, -0.25) is 4.79 Å². The van der Waals surface area contributed by atoms with E-state index in [1.165, 1.54) is 10.8 Å². The molecule has 3 rings (SSSR count). The predicted octanol–water partition coefficient (Wildman–Crippen LogP) is -0.263. The summed E-state index contributed by atoms with van der Waals surface area (Å²) < 4.78 is 5.25. The standard InChI is InChI=1S/C12H11NO2S/c13-12(14)11-4-8-3-7-1-2-15-6-9(7)5-10(8)16-11/h1,3,5-6,11H,2,4H2,(H2,13,14). The minimum atomic E-state index is -0.233. The van der Waals surface area contributed by atoms with Crippen molar-refractivity contribution in [2.24, 2.45) is 5.73 Å². The Balaban J connectivity index is 2.11. The first kappa shape index (κ1) is 9.78. The molecule has 1 unspecified atom stereocenters. The Labute approximate surface area is 97.0 Å². The van der Waals surface area contributed by atoms with Gasteiger partial charge in [0.2, 0.25) is 5.91 Å². The molecule has 2 N–H and O–H groups in total. The second-order valence-corrected chi connectivity index (χ2v) is 5.20. The Morgan fingerprint density at radius 1 is 1.44 bits per heavy atom. The van der Waals surface area contributed by atoms with E-state index >= 15 is 0 Å². The first-order chi connectivity index (χ1) is 7.74. The Kier molecular flexibility index (Phi) is 2.17. The fraction of sp³-hybridized carbons (Fsp3) is 0.250. The van der Waals surface area contributed by atoms with Crippen molar-refractivity contribution in [1.29, 1.82) is 0 Å². The first-order valence-electron chi connectivity index (χ1n) is 5.15. The molecule has 16 heavy (non-hydrogen) atoms. The third-order valence-electron chi connectivity index (χ3n) is 2.87. The second-order valence-electron chi connectivity index (χ2n) is 3.96. The van der Waals surface area contributed by atoms with E-state index in [4.69, 9.17) is 10.5 Å². The molecule has 0 radical (unpaired) electrons. The molecule has 82 valence electrons. The van der Waals surface area contributed by atoms with Crippen molar-refractivity contribution >= 4 is 30.0 Å². The third-order valence-corrected chi connectivity index (χ3v) is 4.19. The SMILES string of the molecule is NC(=O)C1Cc2cc3c(cc2S1)=COCC=3. The summed E-state index contributed by atoms with van der Waals surface area (Å²) in [4.78, 5) is 12.3. The van der Waals surface area contributed by atoms with Gasteiger partial charge in [-0.05, 0) is 29.3 Å². The quantitative estimate of drug-likeness (QED) is 0.727. The minimum absolute atomic E-state index is 0.111. The van der Waals surface area contributed by atoms with E-state index in [0.717, 1.165) is 16.5 Å². The van der Waals surface area contributed by atoms with Crippen LogP contribution in [0.25, 0.3) is 12.3 Å². The number of hydrogen-bond acceptors (Lipinski definition) is 3. The van der Waals surface area contributed by atoms with Crippen molar-refractivity contribution in [3.8, 4) is 0 Å². The highest BCUT2D eigenvalue weighted by Gasteiger charge is 2.26. The van der Waals surface area contributed by atoms with Gasteiger partial charge in [0, 0.05) is 10.1 Å². The number of primary amides is 1. The summed E-state index contributed by atoms with van der Waals surface area (Å²) in [6, 6.07) is 4.22. The van der Waals surface area contributed by atoms with Gasteiger partial charge in [0.15, 0.2) is 0 Å². The van der Waals surface area contributed by atoms with Crippen LogP contribution in [0.4, 0.5) is 0 Å². The number of carbonyl (C=O) groups is 1. The van der Waals surface area contributed by atoms with Crippen LogP contribution in [0, 0.1) is 0 Å². The van der Waals surface area contributed by atoms with Crippen molar-refractivity contribution < 1.29 is 9.53 Å². The molecule has 0 aliphatic carbocycles. The van der Waals surface area contributed by atoms with Crippen LogP contribution in [0.1, 0.15) is 5.56 Å². The highest BCUT2D eigenvalue weighted by atomic mass is 32.2. The Hall–Kier alpha value is -1.42. The summed E-state index contributed by atoms with van der Waals surface area (Å²) in [6.45, 7) is 0.623. The number of nitrogens with two attached hydrogens (primary N) is 1. The van der Waals surface area contributed by atoms with E-state index in [0.29, 0.717) is 6.61 Å². The minimum Gasteiger partial charge on any atom is -0.496 e. The van der Waals surface area contributed by atoms with Crippen LogP contribution >= 0.6 is 11.8 Å². The molecule has 1 aromatic carbocycles. The van der Waals surface area contributed by atoms with Crippen LogP contribution in [-0.2, 0) is 16.0 Å². The number of rotatable bonds is 1. The maximum Gasteiger partial charge on any atom is 0.231 e. The largest absolute Gasteiger partial charge is 0.496 e. The molecule has 1 amide bonds. The van der Waals surface area contributed by atoms with E-state index in [1.54, 1.807) is 18.0 Å². The van der Waals surface area contributed by atoms with E-state index in [1.807, 2.05) is 0 Å². The molecule has 2 aliphatic heterocycles.